The Balaban J connectivity index is 2.63. The molecule has 88 valence electrons. The van der Waals surface area contributed by atoms with Crippen LogP contribution in [0, 0.1) is 0 Å². The minimum absolute atomic E-state index is 0.401. The van der Waals surface area contributed by atoms with Gasteiger partial charge < -0.3 is 4.90 Å². The number of carbonyl (C=O) groups is 2. The van der Waals surface area contributed by atoms with Crippen molar-refractivity contribution >= 4 is 34.6 Å². The minimum Gasteiger partial charge on any atom is -0.339 e. The molecule has 0 aliphatic carbocycles. The van der Waals surface area contributed by atoms with E-state index < -0.39 is 11.7 Å². The summed E-state index contributed by atoms with van der Waals surface area (Å²) in [5, 5.41) is 0. The van der Waals surface area contributed by atoms with E-state index >= 15 is 0 Å². The molecule has 0 saturated carbocycles. The van der Waals surface area contributed by atoms with Crippen molar-refractivity contribution in [3.05, 3.63) is 21.3 Å². The predicted molar refractivity (Wildman–Crippen MR) is 66.2 cm³/mol. The van der Waals surface area contributed by atoms with Crippen LogP contribution in [0.3, 0.4) is 0 Å². The van der Waals surface area contributed by atoms with Crippen LogP contribution in [0.2, 0.25) is 4.34 Å². The summed E-state index contributed by atoms with van der Waals surface area (Å²) in [5.74, 6) is -0.942. The van der Waals surface area contributed by atoms with Crippen molar-refractivity contribution in [3.63, 3.8) is 0 Å². The topological polar surface area (TPSA) is 37.4 Å². The second-order valence-electron chi connectivity index (χ2n) is 3.51. The fraction of sp³-hybridized carbons (Fsp3) is 0.455. The molecule has 0 radical (unpaired) electrons. The molecule has 0 aliphatic heterocycles. The van der Waals surface area contributed by atoms with Crippen molar-refractivity contribution in [2.24, 2.45) is 0 Å². The van der Waals surface area contributed by atoms with Gasteiger partial charge in [-0.1, -0.05) is 24.9 Å². The first-order chi connectivity index (χ1) is 7.56. The molecule has 0 fully saturated rings. The Bertz CT molecular complexity index is 389. The summed E-state index contributed by atoms with van der Waals surface area (Å²) in [6.45, 7) is 2.65. The summed E-state index contributed by atoms with van der Waals surface area (Å²) in [6.07, 6.45) is 1.90. The first kappa shape index (κ1) is 13.2. The summed E-state index contributed by atoms with van der Waals surface area (Å²) in [6, 6.07) is 3.21. The molecule has 1 rings (SSSR count). The van der Waals surface area contributed by atoms with Crippen molar-refractivity contribution < 1.29 is 9.59 Å². The molecule has 1 amide bonds. The Labute approximate surface area is 104 Å². The first-order valence-corrected chi connectivity index (χ1v) is 6.30. The molecule has 0 aromatic carbocycles. The summed E-state index contributed by atoms with van der Waals surface area (Å²) >= 11 is 6.85. The number of amides is 1. The quantitative estimate of drug-likeness (QED) is 0.602. The molecule has 3 nitrogen and oxygen atoms in total. The third-order valence-corrected chi connectivity index (χ3v) is 3.41. The molecule has 0 spiro atoms. The highest BCUT2D eigenvalue weighted by Crippen LogP contribution is 2.22. The van der Waals surface area contributed by atoms with Crippen molar-refractivity contribution in [1.82, 2.24) is 4.90 Å². The first-order valence-electron chi connectivity index (χ1n) is 5.11. The van der Waals surface area contributed by atoms with Crippen LogP contribution >= 0.6 is 22.9 Å². The molecule has 0 unspecified atom stereocenters. The molecule has 1 heterocycles. The van der Waals surface area contributed by atoms with Crippen molar-refractivity contribution in [1.29, 1.82) is 0 Å². The molecule has 16 heavy (non-hydrogen) atoms. The van der Waals surface area contributed by atoms with Gasteiger partial charge in [0.1, 0.15) is 0 Å². The number of rotatable bonds is 5. The molecular formula is C11H14ClNO2S. The van der Waals surface area contributed by atoms with E-state index in [1.165, 1.54) is 4.90 Å². The lowest BCUT2D eigenvalue weighted by molar-refractivity contribution is -0.125. The van der Waals surface area contributed by atoms with Gasteiger partial charge in [-0.25, -0.2) is 0 Å². The van der Waals surface area contributed by atoms with Crippen LogP contribution in [0.25, 0.3) is 0 Å². The van der Waals surface area contributed by atoms with Crippen molar-refractivity contribution in [2.75, 3.05) is 13.6 Å². The minimum atomic E-state index is -0.476. The summed E-state index contributed by atoms with van der Waals surface area (Å²) in [7, 11) is 1.64. The number of Topliss-reactive ketones (excluding diaryl/α,β-unsaturated/α-hetero) is 1. The van der Waals surface area contributed by atoms with E-state index in [0.717, 1.165) is 24.2 Å². The van der Waals surface area contributed by atoms with Gasteiger partial charge in [-0.15, -0.1) is 11.3 Å². The second kappa shape index (κ2) is 6.01. The van der Waals surface area contributed by atoms with Gasteiger partial charge in [-0.3, -0.25) is 9.59 Å². The maximum absolute atomic E-state index is 11.7. The predicted octanol–water partition coefficient (Wildman–Crippen LogP) is 2.84. The lowest BCUT2D eigenvalue weighted by Crippen LogP contribution is -2.33. The largest absolute Gasteiger partial charge is 0.339 e. The Hall–Kier alpha value is -0.870. The Morgan fingerprint density at radius 1 is 1.44 bits per heavy atom. The van der Waals surface area contributed by atoms with Crippen LogP contribution in [-0.4, -0.2) is 30.2 Å². The van der Waals surface area contributed by atoms with E-state index in [4.69, 9.17) is 11.6 Å². The number of nitrogens with zero attached hydrogens (tertiary/aromatic N) is 1. The molecule has 0 aliphatic rings. The van der Waals surface area contributed by atoms with Gasteiger partial charge in [0.15, 0.2) is 0 Å². The fourth-order valence-electron chi connectivity index (χ4n) is 1.21. The van der Waals surface area contributed by atoms with Crippen LogP contribution in [0.1, 0.15) is 29.4 Å². The average molecular weight is 260 g/mol. The van der Waals surface area contributed by atoms with E-state index in [9.17, 15) is 9.59 Å². The highest BCUT2D eigenvalue weighted by atomic mass is 35.5. The zero-order valence-electron chi connectivity index (χ0n) is 9.33. The second-order valence-corrected chi connectivity index (χ2v) is 5.23. The van der Waals surface area contributed by atoms with Gasteiger partial charge >= 0.3 is 0 Å². The van der Waals surface area contributed by atoms with Gasteiger partial charge in [0, 0.05) is 13.6 Å². The Morgan fingerprint density at radius 3 is 2.62 bits per heavy atom. The van der Waals surface area contributed by atoms with Crippen molar-refractivity contribution in [3.8, 4) is 0 Å². The number of likely N-dealkylation sites (N-methyl/N-ethyl adjacent to an activating group) is 1. The van der Waals surface area contributed by atoms with E-state index in [1.807, 2.05) is 6.92 Å². The molecule has 1 aromatic heterocycles. The maximum atomic E-state index is 11.7. The molecule has 0 saturated heterocycles. The van der Waals surface area contributed by atoms with Crippen molar-refractivity contribution in [2.45, 2.75) is 19.8 Å². The van der Waals surface area contributed by atoms with Crippen LogP contribution in [0.5, 0.6) is 0 Å². The molecule has 0 N–H and O–H groups in total. The van der Waals surface area contributed by atoms with Gasteiger partial charge in [-0.2, -0.15) is 0 Å². The smallest absolute Gasteiger partial charge is 0.295 e. The summed E-state index contributed by atoms with van der Waals surface area (Å²) in [4.78, 5) is 25.3. The number of thiophene rings is 1. The Kier molecular flexibility index (Phi) is 4.96. The molecule has 1 aromatic rings. The Morgan fingerprint density at radius 2 is 2.12 bits per heavy atom. The van der Waals surface area contributed by atoms with Crippen LogP contribution in [0.4, 0.5) is 0 Å². The van der Waals surface area contributed by atoms with Gasteiger partial charge in [-0.05, 0) is 18.6 Å². The lowest BCUT2D eigenvalue weighted by atomic mass is 10.2. The zero-order chi connectivity index (χ0) is 12.1. The van der Waals surface area contributed by atoms with Crippen LogP contribution < -0.4 is 0 Å². The van der Waals surface area contributed by atoms with Gasteiger partial charge in [0.2, 0.25) is 0 Å². The monoisotopic (exact) mass is 259 g/mol. The number of hydrogen-bond donors (Lipinski definition) is 0. The van der Waals surface area contributed by atoms with Crippen LogP contribution in [0.15, 0.2) is 12.1 Å². The maximum Gasteiger partial charge on any atom is 0.295 e. The average Bonchev–Trinajstić information content (AvgIpc) is 2.70. The number of hydrogen-bond acceptors (Lipinski definition) is 3. The zero-order valence-corrected chi connectivity index (χ0v) is 10.9. The van der Waals surface area contributed by atoms with Gasteiger partial charge in [0.05, 0.1) is 9.21 Å². The third kappa shape index (κ3) is 3.32. The standard InChI is InChI=1S/C11H14ClNO2S/c1-3-4-7-13(2)11(15)10(14)8-5-6-9(12)16-8/h5-6H,3-4,7H2,1-2H3. The number of halogens is 1. The molecular weight excluding hydrogens is 246 g/mol. The number of unbranched alkanes of at least 4 members (excludes halogenated alkanes) is 1. The van der Waals surface area contributed by atoms with Gasteiger partial charge in [0.25, 0.3) is 11.7 Å². The van der Waals surface area contributed by atoms with E-state index in [0.29, 0.717) is 15.8 Å². The third-order valence-electron chi connectivity index (χ3n) is 2.19. The van der Waals surface area contributed by atoms with Crippen LogP contribution in [-0.2, 0) is 4.79 Å². The molecule has 0 bridgehead atoms. The highest BCUT2D eigenvalue weighted by Gasteiger charge is 2.21. The SMILES string of the molecule is CCCCN(C)C(=O)C(=O)c1ccc(Cl)s1. The summed E-state index contributed by atoms with van der Waals surface area (Å²) in [5.41, 5.74) is 0. The lowest BCUT2D eigenvalue weighted by Gasteiger charge is -2.14. The molecule has 5 heteroatoms. The van der Waals surface area contributed by atoms with E-state index in [-0.39, 0.29) is 0 Å². The highest BCUT2D eigenvalue weighted by molar-refractivity contribution is 7.18. The normalized spacial score (nSPS) is 10.2. The fourth-order valence-corrected chi connectivity index (χ4v) is 2.19. The van der Waals surface area contributed by atoms with E-state index in [1.54, 1.807) is 19.2 Å². The summed E-state index contributed by atoms with van der Waals surface area (Å²) < 4.78 is 0.521. The number of ketones is 1. The number of carbonyl (C=O) groups excluding carboxylic acids is 2. The molecule has 0 atom stereocenters. The van der Waals surface area contributed by atoms with E-state index in [2.05, 4.69) is 0 Å².